The van der Waals surface area contributed by atoms with E-state index >= 15 is 0 Å². The van der Waals surface area contributed by atoms with Gasteiger partial charge < -0.3 is 10.2 Å². The molecule has 0 aliphatic rings. The van der Waals surface area contributed by atoms with Crippen LogP contribution in [-0.2, 0) is 0 Å². The number of para-hydroxylation sites is 1. The molecule has 1 aromatic carbocycles. The largest absolute Gasteiger partial charge is 0.463 e. The molecule has 7 nitrogen and oxygen atoms in total. The van der Waals surface area contributed by atoms with Crippen LogP contribution in [0, 0.1) is 0 Å². The van der Waals surface area contributed by atoms with E-state index in [2.05, 4.69) is 15.3 Å². The summed E-state index contributed by atoms with van der Waals surface area (Å²) in [7, 11) is 0. The number of benzene rings is 1. The number of nitrogens with zero attached hydrogens (tertiary/aromatic N) is 4. The SMILES string of the molecule is Nc1nncn1/N=C/c1coc2ccccc2c1=O. The molecule has 0 unspecified atom stereocenters. The molecule has 0 bridgehead atoms. The molecule has 19 heavy (non-hydrogen) atoms. The zero-order valence-electron chi connectivity index (χ0n) is 9.72. The van der Waals surface area contributed by atoms with Crippen LogP contribution in [0.2, 0.25) is 0 Å². The molecule has 2 heterocycles. The Morgan fingerprint density at radius 1 is 1.37 bits per heavy atom. The Hall–Kier alpha value is -2.96. The second kappa shape index (κ2) is 4.37. The molecule has 0 aliphatic heterocycles. The molecular weight excluding hydrogens is 246 g/mol. The molecule has 0 saturated carbocycles. The number of nitrogens with two attached hydrogens (primary N) is 1. The Morgan fingerprint density at radius 2 is 2.21 bits per heavy atom. The van der Waals surface area contributed by atoms with Crippen LogP contribution in [0.25, 0.3) is 11.0 Å². The van der Waals surface area contributed by atoms with E-state index in [0.29, 0.717) is 16.5 Å². The average Bonchev–Trinajstić information content (AvgIpc) is 2.84. The number of hydrogen-bond donors (Lipinski definition) is 1. The molecule has 3 rings (SSSR count). The van der Waals surface area contributed by atoms with E-state index in [0.717, 1.165) is 0 Å². The van der Waals surface area contributed by atoms with Crippen LogP contribution < -0.4 is 11.2 Å². The van der Waals surface area contributed by atoms with Crippen molar-refractivity contribution in [1.29, 1.82) is 0 Å². The van der Waals surface area contributed by atoms with Gasteiger partial charge in [0.15, 0.2) is 0 Å². The molecule has 94 valence electrons. The second-order valence-corrected chi connectivity index (χ2v) is 3.79. The summed E-state index contributed by atoms with van der Waals surface area (Å²) >= 11 is 0. The lowest BCUT2D eigenvalue weighted by Crippen LogP contribution is -2.08. The molecule has 0 saturated heterocycles. The van der Waals surface area contributed by atoms with E-state index in [1.807, 2.05) is 0 Å². The Labute approximate surface area is 107 Å². The van der Waals surface area contributed by atoms with Crippen molar-refractivity contribution in [2.24, 2.45) is 5.10 Å². The van der Waals surface area contributed by atoms with Crippen LogP contribution in [0.4, 0.5) is 5.95 Å². The van der Waals surface area contributed by atoms with Gasteiger partial charge in [0, 0.05) is 0 Å². The van der Waals surface area contributed by atoms with Crippen molar-refractivity contribution in [2.75, 3.05) is 5.73 Å². The third-order valence-electron chi connectivity index (χ3n) is 2.58. The summed E-state index contributed by atoms with van der Waals surface area (Å²) in [4.78, 5) is 12.1. The maximum absolute atomic E-state index is 12.1. The predicted octanol–water partition coefficient (Wildman–Crippen LogP) is 0.849. The van der Waals surface area contributed by atoms with Crippen molar-refractivity contribution in [1.82, 2.24) is 14.9 Å². The van der Waals surface area contributed by atoms with Gasteiger partial charge in [0.25, 0.3) is 0 Å². The molecule has 3 aromatic rings. The highest BCUT2D eigenvalue weighted by molar-refractivity contribution is 5.86. The summed E-state index contributed by atoms with van der Waals surface area (Å²) in [6, 6.07) is 7.01. The van der Waals surface area contributed by atoms with Gasteiger partial charge in [-0.15, -0.1) is 10.2 Å². The zero-order chi connectivity index (χ0) is 13.2. The minimum absolute atomic E-state index is 0.140. The van der Waals surface area contributed by atoms with Crippen LogP contribution in [0.3, 0.4) is 0 Å². The second-order valence-electron chi connectivity index (χ2n) is 3.79. The van der Waals surface area contributed by atoms with Crippen LogP contribution in [0.1, 0.15) is 5.56 Å². The Kier molecular flexibility index (Phi) is 2.57. The molecule has 0 radical (unpaired) electrons. The van der Waals surface area contributed by atoms with Crippen LogP contribution in [0.5, 0.6) is 0 Å². The van der Waals surface area contributed by atoms with E-state index in [4.69, 9.17) is 10.2 Å². The summed E-state index contributed by atoms with van der Waals surface area (Å²) in [6.07, 6.45) is 4.06. The Bertz CT molecular complexity index is 818. The maximum Gasteiger partial charge on any atom is 0.242 e. The van der Waals surface area contributed by atoms with Crippen molar-refractivity contribution >= 4 is 23.1 Å². The number of hydrogen-bond acceptors (Lipinski definition) is 6. The van der Waals surface area contributed by atoms with Crippen LogP contribution >= 0.6 is 0 Å². The molecule has 2 N–H and O–H groups in total. The van der Waals surface area contributed by atoms with Crippen molar-refractivity contribution in [2.45, 2.75) is 0 Å². The Balaban J connectivity index is 2.07. The van der Waals surface area contributed by atoms with E-state index in [-0.39, 0.29) is 11.4 Å². The van der Waals surface area contributed by atoms with Crippen molar-refractivity contribution < 1.29 is 4.42 Å². The zero-order valence-corrected chi connectivity index (χ0v) is 9.72. The van der Waals surface area contributed by atoms with Gasteiger partial charge >= 0.3 is 0 Å². The average molecular weight is 255 g/mol. The molecule has 0 fully saturated rings. The van der Waals surface area contributed by atoms with E-state index in [9.17, 15) is 4.79 Å². The number of rotatable bonds is 2. The van der Waals surface area contributed by atoms with E-state index in [1.165, 1.54) is 23.5 Å². The predicted molar refractivity (Wildman–Crippen MR) is 69.9 cm³/mol. The number of aromatic nitrogens is 3. The fourth-order valence-electron chi connectivity index (χ4n) is 1.63. The number of nitrogen functional groups attached to an aromatic ring is 1. The van der Waals surface area contributed by atoms with Crippen LogP contribution in [0.15, 0.2) is 51.2 Å². The van der Waals surface area contributed by atoms with Gasteiger partial charge in [0.1, 0.15) is 18.2 Å². The summed E-state index contributed by atoms with van der Waals surface area (Å²) in [5.41, 5.74) is 6.21. The van der Waals surface area contributed by atoms with Gasteiger partial charge in [-0.1, -0.05) is 12.1 Å². The summed E-state index contributed by atoms with van der Waals surface area (Å²) in [6.45, 7) is 0. The van der Waals surface area contributed by atoms with Crippen molar-refractivity contribution in [3.05, 3.63) is 52.6 Å². The third kappa shape index (κ3) is 1.97. The van der Waals surface area contributed by atoms with Gasteiger partial charge in [-0.3, -0.25) is 4.79 Å². The lowest BCUT2D eigenvalue weighted by atomic mass is 10.2. The van der Waals surface area contributed by atoms with Gasteiger partial charge in [-0.2, -0.15) is 9.78 Å². The lowest BCUT2D eigenvalue weighted by molar-refractivity contribution is 0.601. The smallest absolute Gasteiger partial charge is 0.242 e. The van der Waals surface area contributed by atoms with Crippen molar-refractivity contribution in [3.8, 4) is 0 Å². The first kappa shape index (κ1) is 11.1. The minimum atomic E-state index is -0.155. The highest BCUT2D eigenvalue weighted by Gasteiger charge is 2.04. The minimum Gasteiger partial charge on any atom is -0.463 e. The summed E-state index contributed by atoms with van der Waals surface area (Å²) in [5, 5.41) is 11.6. The maximum atomic E-state index is 12.1. The van der Waals surface area contributed by atoms with E-state index < -0.39 is 0 Å². The molecule has 0 aliphatic carbocycles. The number of anilines is 1. The Morgan fingerprint density at radius 3 is 3.00 bits per heavy atom. The standard InChI is InChI=1S/C12H9N5O2/c13-12-16-14-7-17(12)15-5-8-6-19-10-4-2-1-3-9(10)11(8)18/h1-7H,(H2,13,16)/b15-5+. The number of fused-ring (bicyclic) bond motifs is 1. The molecule has 0 atom stereocenters. The highest BCUT2D eigenvalue weighted by Crippen LogP contribution is 2.09. The molecule has 0 spiro atoms. The molecule has 7 heteroatoms. The van der Waals surface area contributed by atoms with E-state index in [1.54, 1.807) is 24.3 Å². The fourth-order valence-corrected chi connectivity index (χ4v) is 1.63. The van der Waals surface area contributed by atoms with Crippen LogP contribution in [-0.4, -0.2) is 21.1 Å². The summed E-state index contributed by atoms with van der Waals surface area (Å²) < 4.78 is 6.62. The first-order chi connectivity index (χ1) is 9.25. The van der Waals surface area contributed by atoms with Crippen molar-refractivity contribution in [3.63, 3.8) is 0 Å². The molecule has 2 aromatic heterocycles. The fraction of sp³-hybridized carbons (Fsp3) is 0. The normalized spacial score (nSPS) is 11.4. The first-order valence-corrected chi connectivity index (χ1v) is 5.46. The van der Waals surface area contributed by atoms with Gasteiger partial charge in [-0.25, -0.2) is 0 Å². The topological polar surface area (TPSA) is 99.3 Å². The third-order valence-corrected chi connectivity index (χ3v) is 2.58. The van der Waals surface area contributed by atoms with Gasteiger partial charge in [0.05, 0.1) is 17.2 Å². The van der Waals surface area contributed by atoms with Gasteiger partial charge in [-0.05, 0) is 12.1 Å². The first-order valence-electron chi connectivity index (χ1n) is 5.46. The molecule has 0 amide bonds. The highest BCUT2D eigenvalue weighted by atomic mass is 16.3. The summed E-state index contributed by atoms with van der Waals surface area (Å²) in [5.74, 6) is 0.140. The lowest BCUT2D eigenvalue weighted by Gasteiger charge is -1.97. The van der Waals surface area contributed by atoms with Gasteiger partial charge in [0.2, 0.25) is 11.4 Å². The monoisotopic (exact) mass is 255 g/mol. The molecular formula is C12H9N5O2. The quantitative estimate of drug-likeness (QED) is 0.684.